The van der Waals surface area contributed by atoms with E-state index in [1.807, 2.05) is 30.3 Å². The Morgan fingerprint density at radius 2 is 2.00 bits per heavy atom. The van der Waals surface area contributed by atoms with E-state index in [0.717, 1.165) is 12.1 Å². The molecule has 0 aliphatic heterocycles. The van der Waals surface area contributed by atoms with Crippen molar-refractivity contribution >= 4 is 5.91 Å². The highest BCUT2D eigenvalue weighted by atomic mass is 16.2. The van der Waals surface area contributed by atoms with Gasteiger partial charge in [0.15, 0.2) is 5.69 Å². The molecule has 1 heterocycles. The van der Waals surface area contributed by atoms with E-state index in [2.05, 4.69) is 10.4 Å². The van der Waals surface area contributed by atoms with Gasteiger partial charge in [-0.1, -0.05) is 18.2 Å². The Hall–Kier alpha value is -2.14. The minimum absolute atomic E-state index is 0.151. The second-order valence-corrected chi connectivity index (χ2v) is 4.17. The Morgan fingerprint density at radius 3 is 2.74 bits per heavy atom. The fourth-order valence-corrected chi connectivity index (χ4v) is 1.70. The SMILES string of the molecule is O=C(NCCCCO)c1ccn(-c2ccccc2)n1. The van der Waals surface area contributed by atoms with E-state index < -0.39 is 0 Å². The van der Waals surface area contributed by atoms with E-state index in [1.54, 1.807) is 16.9 Å². The maximum Gasteiger partial charge on any atom is 0.271 e. The molecule has 1 aromatic heterocycles. The van der Waals surface area contributed by atoms with Gasteiger partial charge >= 0.3 is 0 Å². The van der Waals surface area contributed by atoms with Gasteiger partial charge in [0.2, 0.25) is 0 Å². The first-order valence-electron chi connectivity index (χ1n) is 6.31. The van der Waals surface area contributed by atoms with Crippen molar-refractivity contribution in [1.82, 2.24) is 15.1 Å². The number of hydrogen-bond acceptors (Lipinski definition) is 3. The van der Waals surface area contributed by atoms with Crippen LogP contribution < -0.4 is 5.32 Å². The first-order chi connectivity index (χ1) is 9.31. The van der Waals surface area contributed by atoms with Crippen molar-refractivity contribution in [3.05, 3.63) is 48.3 Å². The van der Waals surface area contributed by atoms with Crippen molar-refractivity contribution in [3.8, 4) is 5.69 Å². The van der Waals surface area contributed by atoms with E-state index in [4.69, 9.17) is 5.11 Å². The molecular weight excluding hydrogens is 242 g/mol. The summed E-state index contributed by atoms with van der Waals surface area (Å²) in [5.41, 5.74) is 1.31. The standard InChI is InChI=1S/C14H17N3O2/c18-11-5-4-9-15-14(19)13-8-10-17(16-13)12-6-2-1-3-7-12/h1-3,6-8,10,18H,4-5,9,11H2,(H,15,19). The molecule has 0 aliphatic carbocycles. The number of nitrogens with zero attached hydrogens (tertiary/aromatic N) is 2. The normalized spacial score (nSPS) is 10.4. The number of nitrogens with one attached hydrogen (secondary N) is 1. The van der Waals surface area contributed by atoms with Crippen molar-refractivity contribution in [3.63, 3.8) is 0 Å². The Labute approximate surface area is 111 Å². The van der Waals surface area contributed by atoms with Crippen LogP contribution in [0, 0.1) is 0 Å². The molecule has 1 amide bonds. The van der Waals surface area contributed by atoms with Gasteiger partial charge in [-0.2, -0.15) is 5.10 Å². The molecule has 0 aliphatic rings. The second kappa shape index (κ2) is 6.70. The number of rotatable bonds is 6. The van der Waals surface area contributed by atoms with E-state index in [1.165, 1.54) is 0 Å². The number of carbonyl (C=O) groups is 1. The van der Waals surface area contributed by atoms with Crippen LogP contribution in [0.25, 0.3) is 5.69 Å². The van der Waals surface area contributed by atoms with Gasteiger partial charge in [-0.3, -0.25) is 4.79 Å². The highest BCUT2D eigenvalue weighted by molar-refractivity contribution is 5.92. The van der Waals surface area contributed by atoms with Crippen molar-refractivity contribution in [2.45, 2.75) is 12.8 Å². The number of unbranched alkanes of at least 4 members (excludes halogenated alkanes) is 1. The molecule has 0 fully saturated rings. The molecule has 0 atom stereocenters. The third-order valence-electron chi connectivity index (χ3n) is 2.71. The fraction of sp³-hybridized carbons (Fsp3) is 0.286. The number of carbonyl (C=O) groups excluding carboxylic acids is 1. The van der Waals surface area contributed by atoms with Gasteiger partial charge in [-0.05, 0) is 31.0 Å². The summed E-state index contributed by atoms with van der Waals surface area (Å²) in [5.74, 6) is -0.187. The van der Waals surface area contributed by atoms with Gasteiger partial charge < -0.3 is 10.4 Å². The van der Waals surface area contributed by atoms with Gasteiger partial charge in [0.1, 0.15) is 0 Å². The lowest BCUT2D eigenvalue weighted by Crippen LogP contribution is -2.25. The lowest BCUT2D eigenvalue weighted by Gasteiger charge is -2.02. The molecule has 0 unspecified atom stereocenters. The molecular formula is C14H17N3O2. The van der Waals surface area contributed by atoms with Crippen molar-refractivity contribution in [2.75, 3.05) is 13.2 Å². The zero-order valence-corrected chi connectivity index (χ0v) is 10.6. The Kier molecular flexibility index (Phi) is 4.69. The Morgan fingerprint density at radius 1 is 1.21 bits per heavy atom. The van der Waals surface area contributed by atoms with Gasteiger partial charge in [0, 0.05) is 19.3 Å². The molecule has 5 nitrogen and oxygen atoms in total. The van der Waals surface area contributed by atoms with E-state index >= 15 is 0 Å². The van der Waals surface area contributed by atoms with Gasteiger partial charge in [-0.25, -0.2) is 4.68 Å². The molecule has 5 heteroatoms. The van der Waals surface area contributed by atoms with E-state index in [0.29, 0.717) is 18.7 Å². The number of hydrogen-bond donors (Lipinski definition) is 2. The summed E-state index contributed by atoms with van der Waals surface area (Å²) in [6.45, 7) is 0.704. The fourth-order valence-electron chi connectivity index (χ4n) is 1.70. The Balaban J connectivity index is 1.95. The highest BCUT2D eigenvalue weighted by Gasteiger charge is 2.09. The van der Waals surface area contributed by atoms with Crippen molar-refractivity contribution in [1.29, 1.82) is 0 Å². The largest absolute Gasteiger partial charge is 0.396 e. The van der Waals surface area contributed by atoms with E-state index in [-0.39, 0.29) is 12.5 Å². The monoisotopic (exact) mass is 259 g/mol. The van der Waals surface area contributed by atoms with E-state index in [9.17, 15) is 4.79 Å². The molecule has 2 N–H and O–H groups in total. The minimum atomic E-state index is -0.187. The summed E-state index contributed by atoms with van der Waals surface area (Å²) in [4.78, 5) is 11.8. The van der Waals surface area contributed by atoms with Crippen LogP contribution in [0.1, 0.15) is 23.3 Å². The average molecular weight is 259 g/mol. The number of benzene rings is 1. The van der Waals surface area contributed by atoms with Gasteiger partial charge in [0.05, 0.1) is 5.69 Å². The maximum atomic E-state index is 11.8. The third kappa shape index (κ3) is 3.66. The molecule has 0 bridgehead atoms. The molecule has 0 saturated heterocycles. The predicted molar refractivity (Wildman–Crippen MR) is 72.2 cm³/mol. The first kappa shape index (κ1) is 13.3. The number of amides is 1. The van der Waals surface area contributed by atoms with Crippen LogP contribution >= 0.6 is 0 Å². The van der Waals surface area contributed by atoms with Crippen LogP contribution in [0.5, 0.6) is 0 Å². The zero-order valence-electron chi connectivity index (χ0n) is 10.6. The summed E-state index contributed by atoms with van der Waals surface area (Å²) in [7, 11) is 0. The molecule has 19 heavy (non-hydrogen) atoms. The average Bonchev–Trinajstić information content (AvgIpc) is 2.94. The minimum Gasteiger partial charge on any atom is -0.396 e. The second-order valence-electron chi connectivity index (χ2n) is 4.17. The summed E-state index contributed by atoms with van der Waals surface area (Å²) in [5, 5.41) is 15.7. The van der Waals surface area contributed by atoms with Crippen LogP contribution in [0.2, 0.25) is 0 Å². The molecule has 0 saturated carbocycles. The number of aromatic nitrogens is 2. The molecule has 0 radical (unpaired) electrons. The summed E-state index contributed by atoms with van der Waals surface area (Å²) < 4.78 is 1.67. The molecule has 0 spiro atoms. The first-order valence-corrected chi connectivity index (χ1v) is 6.31. The summed E-state index contributed by atoms with van der Waals surface area (Å²) >= 11 is 0. The van der Waals surface area contributed by atoms with Crippen LogP contribution in [0.3, 0.4) is 0 Å². The van der Waals surface area contributed by atoms with Gasteiger partial charge in [-0.15, -0.1) is 0 Å². The molecule has 1 aromatic carbocycles. The predicted octanol–water partition coefficient (Wildman–Crippen LogP) is 1.37. The van der Waals surface area contributed by atoms with Crippen LogP contribution in [0.4, 0.5) is 0 Å². The van der Waals surface area contributed by atoms with Crippen LogP contribution in [-0.4, -0.2) is 33.9 Å². The molecule has 100 valence electrons. The lowest BCUT2D eigenvalue weighted by atomic mass is 10.3. The summed E-state index contributed by atoms with van der Waals surface area (Å²) in [6.07, 6.45) is 3.22. The summed E-state index contributed by atoms with van der Waals surface area (Å²) in [6, 6.07) is 11.3. The third-order valence-corrected chi connectivity index (χ3v) is 2.71. The molecule has 2 aromatic rings. The maximum absolute atomic E-state index is 11.8. The number of aliphatic hydroxyl groups is 1. The number of aliphatic hydroxyl groups excluding tert-OH is 1. The topological polar surface area (TPSA) is 67.2 Å². The highest BCUT2D eigenvalue weighted by Crippen LogP contribution is 2.06. The zero-order chi connectivity index (χ0) is 13.5. The quantitative estimate of drug-likeness (QED) is 0.770. The van der Waals surface area contributed by atoms with Crippen molar-refractivity contribution < 1.29 is 9.90 Å². The molecule has 2 rings (SSSR count). The number of para-hydroxylation sites is 1. The van der Waals surface area contributed by atoms with Crippen molar-refractivity contribution in [2.24, 2.45) is 0 Å². The van der Waals surface area contributed by atoms with Crippen LogP contribution in [-0.2, 0) is 0 Å². The van der Waals surface area contributed by atoms with Crippen LogP contribution in [0.15, 0.2) is 42.6 Å². The smallest absolute Gasteiger partial charge is 0.271 e. The van der Waals surface area contributed by atoms with Gasteiger partial charge in [0.25, 0.3) is 5.91 Å². The Bertz CT molecular complexity index is 522. The lowest BCUT2D eigenvalue weighted by molar-refractivity contribution is 0.0946.